The molecule has 0 bridgehead atoms. The highest BCUT2D eigenvalue weighted by atomic mass is 16.6. The van der Waals surface area contributed by atoms with Crippen LogP contribution in [0.5, 0.6) is 0 Å². The standard InChI is InChI=1S/C15H22N2O3/c1-2-16-14-8-7-13(9-15(14)17(18)19)11-20-10-12-5-3-4-6-12/h7-9,12,16H,2-6,10-11H2,1H3. The van der Waals surface area contributed by atoms with Crippen LogP contribution in [0.1, 0.15) is 38.2 Å². The summed E-state index contributed by atoms with van der Waals surface area (Å²) < 4.78 is 5.70. The van der Waals surface area contributed by atoms with Crippen molar-refractivity contribution in [3.05, 3.63) is 33.9 Å². The molecule has 1 N–H and O–H groups in total. The van der Waals surface area contributed by atoms with Crippen molar-refractivity contribution in [1.82, 2.24) is 0 Å². The zero-order chi connectivity index (χ0) is 14.4. The van der Waals surface area contributed by atoms with Crippen LogP contribution in [0, 0.1) is 16.0 Å². The van der Waals surface area contributed by atoms with Crippen molar-refractivity contribution in [1.29, 1.82) is 0 Å². The topological polar surface area (TPSA) is 64.4 Å². The molecule has 2 rings (SSSR count). The Morgan fingerprint density at radius 2 is 2.15 bits per heavy atom. The molecular formula is C15H22N2O3. The first-order chi connectivity index (χ1) is 9.70. The normalized spacial score (nSPS) is 15.4. The molecule has 1 aliphatic rings. The third-order valence-electron chi connectivity index (χ3n) is 3.72. The van der Waals surface area contributed by atoms with E-state index in [1.165, 1.54) is 25.7 Å². The lowest BCUT2D eigenvalue weighted by molar-refractivity contribution is -0.384. The molecule has 0 aromatic heterocycles. The molecule has 1 aromatic rings. The molecular weight excluding hydrogens is 256 g/mol. The van der Waals surface area contributed by atoms with E-state index >= 15 is 0 Å². The predicted octanol–water partition coefficient (Wildman–Crippen LogP) is 3.73. The Morgan fingerprint density at radius 3 is 2.80 bits per heavy atom. The average molecular weight is 278 g/mol. The van der Waals surface area contributed by atoms with Gasteiger partial charge in [0.25, 0.3) is 5.69 Å². The monoisotopic (exact) mass is 278 g/mol. The lowest BCUT2D eigenvalue weighted by atomic mass is 10.1. The fourth-order valence-electron chi connectivity index (χ4n) is 2.68. The molecule has 0 unspecified atom stereocenters. The summed E-state index contributed by atoms with van der Waals surface area (Å²) in [6.45, 7) is 3.80. The third kappa shape index (κ3) is 3.93. The Morgan fingerprint density at radius 1 is 1.40 bits per heavy atom. The number of nitro benzene ring substituents is 1. The Kier molecular flexibility index (Phi) is 5.35. The molecule has 5 heteroatoms. The fraction of sp³-hybridized carbons (Fsp3) is 0.600. The summed E-state index contributed by atoms with van der Waals surface area (Å²) >= 11 is 0. The summed E-state index contributed by atoms with van der Waals surface area (Å²) in [7, 11) is 0. The number of hydrogen-bond acceptors (Lipinski definition) is 4. The molecule has 0 heterocycles. The quantitative estimate of drug-likeness (QED) is 0.609. The maximum atomic E-state index is 11.1. The minimum atomic E-state index is -0.349. The van der Waals surface area contributed by atoms with Crippen LogP contribution in [-0.2, 0) is 11.3 Å². The minimum Gasteiger partial charge on any atom is -0.380 e. The van der Waals surface area contributed by atoms with Gasteiger partial charge in [-0.15, -0.1) is 0 Å². The molecule has 1 fully saturated rings. The van der Waals surface area contributed by atoms with Crippen LogP contribution < -0.4 is 5.32 Å². The minimum absolute atomic E-state index is 0.119. The number of ether oxygens (including phenoxy) is 1. The lowest BCUT2D eigenvalue weighted by Gasteiger charge is -2.11. The average Bonchev–Trinajstić information content (AvgIpc) is 2.93. The van der Waals surface area contributed by atoms with Gasteiger partial charge in [0, 0.05) is 19.2 Å². The molecule has 0 saturated heterocycles. The fourth-order valence-corrected chi connectivity index (χ4v) is 2.68. The van der Waals surface area contributed by atoms with Gasteiger partial charge in [-0.25, -0.2) is 0 Å². The van der Waals surface area contributed by atoms with Gasteiger partial charge in [-0.05, 0) is 37.3 Å². The summed E-state index contributed by atoms with van der Waals surface area (Å²) in [6, 6.07) is 5.25. The molecule has 0 atom stereocenters. The van der Waals surface area contributed by atoms with E-state index in [0.29, 0.717) is 24.8 Å². The van der Waals surface area contributed by atoms with Crippen molar-refractivity contribution in [3.63, 3.8) is 0 Å². The van der Waals surface area contributed by atoms with E-state index in [9.17, 15) is 10.1 Å². The van der Waals surface area contributed by atoms with Crippen molar-refractivity contribution in [2.24, 2.45) is 5.92 Å². The molecule has 5 nitrogen and oxygen atoms in total. The maximum Gasteiger partial charge on any atom is 0.292 e. The van der Waals surface area contributed by atoms with E-state index in [-0.39, 0.29) is 10.6 Å². The van der Waals surface area contributed by atoms with Gasteiger partial charge in [0.05, 0.1) is 11.5 Å². The van der Waals surface area contributed by atoms with Gasteiger partial charge in [0.15, 0.2) is 0 Å². The number of benzene rings is 1. The second-order valence-corrected chi connectivity index (χ2v) is 5.30. The number of nitrogens with one attached hydrogen (secondary N) is 1. The van der Waals surface area contributed by atoms with Crippen molar-refractivity contribution in [2.45, 2.75) is 39.2 Å². The SMILES string of the molecule is CCNc1ccc(COCC2CCCC2)cc1[N+](=O)[O-]. The van der Waals surface area contributed by atoms with Crippen LogP contribution in [0.15, 0.2) is 18.2 Å². The van der Waals surface area contributed by atoms with Gasteiger partial charge in [0.2, 0.25) is 0 Å². The number of hydrogen-bond donors (Lipinski definition) is 1. The summed E-state index contributed by atoms with van der Waals surface area (Å²) in [5.74, 6) is 0.672. The Hall–Kier alpha value is -1.62. The van der Waals surface area contributed by atoms with Crippen LogP contribution in [0.4, 0.5) is 11.4 Å². The largest absolute Gasteiger partial charge is 0.380 e. The van der Waals surface area contributed by atoms with E-state index in [1.807, 2.05) is 13.0 Å². The van der Waals surface area contributed by atoms with Gasteiger partial charge < -0.3 is 10.1 Å². The van der Waals surface area contributed by atoms with Crippen LogP contribution in [0.3, 0.4) is 0 Å². The Labute approximate surface area is 119 Å². The molecule has 110 valence electrons. The van der Waals surface area contributed by atoms with Gasteiger partial charge in [0.1, 0.15) is 5.69 Å². The van der Waals surface area contributed by atoms with E-state index in [2.05, 4.69) is 5.32 Å². The van der Waals surface area contributed by atoms with Crippen molar-refractivity contribution < 1.29 is 9.66 Å². The summed E-state index contributed by atoms with van der Waals surface area (Å²) in [5, 5.41) is 14.1. The lowest BCUT2D eigenvalue weighted by Crippen LogP contribution is -2.06. The summed E-state index contributed by atoms with van der Waals surface area (Å²) in [4.78, 5) is 10.7. The molecule has 1 aliphatic carbocycles. The van der Waals surface area contributed by atoms with E-state index in [1.54, 1.807) is 12.1 Å². The van der Waals surface area contributed by atoms with E-state index in [4.69, 9.17) is 4.74 Å². The second-order valence-electron chi connectivity index (χ2n) is 5.30. The van der Waals surface area contributed by atoms with Gasteiger partial charge in [-0.2, -0.15) is 0 Å². The highest BCUT2D eigenvalue weighted by Gasteiger charge is 2.16. The highest BCUT2D eigenvalue weighted by molar-refractivity contribution is 5.62. The second kappa shape index (κ2) is 7.24. The molecule has 1 aromatic carbocycles. The van der Waals surface area contributed by atoms with Crippen LogP contribution >= 0.6 is 0 Å². The first-order valence-corrected chi connectivity index (χ1v) is 7.29. The Bertz CT molecular complexity index is 456. The molecule has 0 aliphatic heterocycles. The van der Waals surface area contributed by atoms with Crippen molar-refractivity contribution >= 4 is 11.4 Å². The van der Waals surface area contributed by atoms with Crippen LogP contribution in [0.25, 0.3) is 0 Å². The number of rotatable bonds is 7. The summed E-state index contributed by atoms with van der Waals surface area (Å²) in [6.07, 6.45) is 5.10. The van der Waals surface area contributed by atoms with Gasteiger partial charge >= 0.3 is 0 Å². The first kappa shape index (κ1) is 14.8. The van der Waals surface area contributed by atoms with E-state index < -0.39 is 0 Å². The Balaban J connectivity index is 1.93. The molecule has 0 amide bonds. The molecule has 1 saturated carbocycles. The van der Waals surface area contributed by atoms with Crippen LogP contribution in [0.2, 0.25) is 0 Å². The number of anilines is 1. The molecule has 0 spiro atoms. The number of nitrogens with zero attached hydrogens (tertiary/aromatic N) is 1. The van der Waals surface area contributed by atoms with Gasteiger partial charge in [-0.1, -0.05) is 18.9 Å². The van der Waals surface area contributed by atoms with Crippen LogP contribution in [-0.4, -0.2) is 18.1 Å². The zero-order valence-electron chi connectivity index (χ0n) is 11.9. The summed E-state index contributed by atoms with van der Waals surface area (Å²) in [5.41, 5.74) is 1.54. The smallest absolute Gasteiger partial charge is 0.292 e. The zero-order valence-corrected chi connectivity index (χ0v) is 11.9. The van der Waals surface area contributed by atoms with Gasteiger partial charge in [-0.3, -0.25) is 10.1 Å². The molecule has 20 heavy (non-hydrogen) atoms. The number of nitro groups is 1. The highest BCUT2D eigenvalue weighted by Crippen LogP contribution is 2.27. The maximum absolute atomic E-state index is 11.1. The first-order valence-electron chi connectivity index (χ1n) is 7.29. The third-order valence-corrected chi connectivity index (χ3v) is 3.72. The predicted molar refractivity (Wildman–Crippen MR) is 78.9 cm³/mol. The molecule has 0 radical (unpaired) electrons. The van der Waals surface area contributed by atoms with Crippen molar-refractivity contribution in [3.8, 4) is 0 Å². The van der Waals surface area contributed by atoms with Crippen molar-refractivity contribution in [2.75, 3.05) is 18.5 Å². The van der Waals surface area contributed by atoms with E-state index in [0.717, 1.165) is 12.2 Å².